The van der Waals surface area contributed by atoms with E-state index in [0.29, 0.717) is 12.9 Å². The lowest BCUT2D eigenvalue weighted by Crippen LogP contribution is -2.38. The molecule has 0 aromatic carbocycles. The highest BCUT2D eigenvalue weighted by Gasteiger charge is 2.04. The van der Waals surface area contributed by atoms with Gasteiger partial charge in [-0.3, -0.25) is 4.79 Å². The van der Waals surface area contributed by atoms with Gasteiger partial charge in [-0.1, -0.05) is 0 Å². The van der Waals surface area contributed by atoms with Crippen LogP contribution < -0.4 is 11.1 Å². The Bertz CT molecular complexity index is 136. The molecule has 0 saturated heterocycles. The molecule has 0 heterocycles. The second-order valence-corrected chi connectivity index (χ2v) is 1.89. The summed E-state index contributed by atoms with van der Waals surface area (Å²) < 4.78 is 11.3. The fourth-order valence-electron chi connectivity index (χ4n) is 0.390. The summed E-state index contributed by atoms with van der Waals surface area (Å²) in [6, 6.07) is -0.406. The standard InChI is InChI=1S/C6H11FN2O/c1-5(6(8)10)9-4-2-3-7/h2-3,5,9H,4H2,1H3,(H2,8,10). The van der Waals surface area contributed by atoms with Crippen LogP contribution in [0.25, 0.3) is 0 Å². The number of carbonyl (C=O) groups excluding carboxylic acids is 1. The van der Waals surface area contributed by atoms with Gasteiger partial charge in [0.15, 0.2) is 0 Å². The first kappa shape index (κ1) is 9.10. The molecule has 1 unspecified atom stereocenters. The fourth-order valence-corrected chi connectivity index (χ4v) is 0.390. The molecule has 0 bridgehead atoms. The van der Waals surface area contributed by atoms with E-state index < -0.39 is 11.9 Å². The summed E-state index contributed by atoms with van der Waals surface area (Å²) in [5.41, 5.74) is 4.90. The van der Waals surface area contributed by atoms with Gasteiger partial charge in [0.1, 0.15) is 0 Å². The van der Waals surface area contributed by atoms with Gasteiger partial charge in [-0.05, 0) is 13.0 Å². The lowest BCUT2D eigenvalue weighted by Gasteiger charge is -2.05. The molecule has 1 amide bonds. The number of halogens is 1. The Morgan fingerprint density at radius 3 is 2.90 bits per heavy atom. The van der Waals surface area contributed by atoms with Crippen LogP contribution in [-0.2, 0) is 4.79 Å². The van der Waals surface area contributed by atoms with Gasteiger partial charge in [0.2, 0.25) is 5.91 Å². The highest BCUT2D eigenvalue weighted by atomic mass is 19.1. The maximum absolute atomic E-state index is 11.3. The first-order chi connectivity index (χ1) is 4.68. The van der Waals surface area contributed by atoms with E-state index in [1.807, 2.05) is 0 Å². The van der Waals surface area contributed by atoms with E-state index in [9.17, 15) is 9.18 Å². The minimum Gasteiger partial charge on any atom is -0.368 e. The minimum atomic E-state index is -0.438. The number of rotatable bonds is 4. The average Bonchev–Trinajstić information content (AvgIpc) is 1.88. The number of amides is 1. The molecule has 58 valence electrons. The number of carbonyl (C=O) groups is 1. The molecule has 0 aliphatic rings. The van der Waals surface area contributed by atoms with E-state index in [4.69, 9.17) is 5.73 Å². The van der Waals surface area contributed by atoms with Gasteiger partial charge in [0.05, 0.1) is 12.4 Å². The summed E-state index contributed by atoms with van der Waals surface area (Å²) in [5.74, 6) is -0.438. The highest BCUT2D eigenvalue weighted by Crippen LogP contribution is 1.78. The quantitative estimate of drug-likeness (QED) is 0.583. The number of hydrogen-bond acceptors (Lipinski definition) is 2. The summed E-state index contributed by atoms with van der Waals surface area (Å²) in [5, 5.41) is 2.68. The van der Waals surface area contributed by atoms with Gasteiger partial charge in [0, 0.05) is 6.54 Å². The zero-order valence-electron chi connectivity index (χ0n) is 5.80. The molecular formula is C6H11FN2O. The van der Waals surface area contributed by atoms with E-state index in [1.165, 1.54) is 6.08 Å². The smallest absolute Gasteiger partial charge is 0.234 e. The van der Waals surface area contributed by atoms with Gasteiger partial charge >= 0.3 is 0 Å². The largest absolute Gasteiger partial charge is 0.368 e. The van der Waals surface area contributed by atoms with E-state index >= 15 is 0 Å². The maximum Gasteiger partial charge on any atom is 0.234 e. The fraction of sp³-hybridized carbons (Fsp3) is 0.500. The number of hydrogen-bond donors (Lipinski definition) is 2. The lowest BCUT2D eigenvalue weighted by atomic mass is 10.3. The normalized spacial score (nSPS) is 13.8. The summed E-state index contributed by atoms with van der Waals surface area (Å²) >= 11 is 0. The summed E-state index contributed by atoms with van der Waals surface area (Å²) in [6.45, 7) is 1.94. The molecule has 0 radical (unpaired) electrons. The third-order valence-electron chi connectivity index (χ3n) is 1.06. The Labute approximate surface area is 59.1 Å². The Balaban J connectivity index is 3.39. The molecule has 0 saturated carbocycles. The number of primary amides is 1. The monoisotopic (exact) mass is 146 g/mol. The van der Waals surface area contributed by atoms with E-state index in [-0.39, 0.29) is 0 Å². The van der Waals surface area contributed by atoms with Crippen molar-refractivity contribution in [3.63, 3.8) is 0 Å². The van der Waals surface area contributed by atoms with Gasteiger partial charge in [-0.2, -0.15) is 0 Å². The zero-order valence-corrected chi connectivity index (χ0v) is 5.80. The molecular weight excluding hydrogens is 135 g/mol. The molecule has 0 aromatic rings. The molecule has 0 spiro atoms. The van der Waals surface area contributed by atoms with Gasteiger partial charge < -0.3 is 11.1 Å². The molecule has 0 fully saturated rings. The molecule has 4 heteroatoms. The molecule has 0 aliphatic heterocycles. The Morgan fingerprint density at radius 2 is 2.50 bits per heavy atom. The van der Waals surface area contributed by atoms with Crippen molar-refractivity contribution in [2.24, 2.45) is 5.73 Å². The SMILES string of the molecule is CC(NCC=CF)C(N)=O. The van der Waals surface area contributed by atoms with Crippen LogP contribution in [0.15, 0.2) is 12.4 Å². The highest BCUT2D eigenvalue weighted by molar-refractivity contribution is 5.79. The van der Waals surface area contributed by atoms with E-state index in [2.05, 4.69) is 5.32 Å². The molecule has 3 N–H and O–H groups in total. The van der Waals surface area contributed by atoms with Gasteiger partial charge in [-0.15, -0.1) is 0 Å². The predicted octanol–water partition coefficient (Wildman–Crippen LogP) is -0.0670. The van der Waals surface area contributed by atoms with Crippen LogP contribution in [0.1, 0.15) is 6.92 Å². The van der Waals surface area contributed by atoms with E-state index in [0.717, 1.165) is 0 Å². The van der Waals surface area contributed by atoms with Crippen molar-refractivity contribution < 1.29 is 9.18 Å². The molecule has 1 atom stereocenters. The first-order valence-corrected chi connectivity index (χ1v) is 2.96. The third-order valence-corrected chi connectivity index (χ3v) is 1.06. The summed E-state index contributed by atoms with van der Waals surface area (Å²) in [6.07, 6.45) is 1.68. The van der Waals surface area contributed by atoms with Crippen LogP contribution in [0.5, 0.6) is 0 Å². The van der Waals surface area contributed by atoms with Crippen molar-refractivity contribution in [1.29, 1.82) is 0 Å². The zero-order chi connectivity index (χ0) is 7.98. The molecule has 3 nitrogen and oxygen atoms in total. The van der Waals surface area contributed by atoms with Crippen LogP contribution in [0.4, 0.5) is 4.39 Å². The molecule has 10 heavy (non-hydrogen) atoms. The summed E-state index contributed by atoms with van der Waals surface area (Å²) in [7, 11) is 0. The van der Waals surface area contributed by atoms with E-state index in [1.54, 1.807) is 6.92 Å². The maximum atomic E-state index is 11.3. The molecule has 0 aliphatic carbocycles. The molecule has 0 aromatic heterocycles. The molecule has 0 rings (SSSR count). The number of nitrogens with two attached hydrogens (primary N) is 1. The summed E-state index contributed by atoms with van der Waals surface area (Å²) in [4.78, 5) is 10.3. The second kappa shape index (κ2) is 4.93. The third kappa shape index (κ3) is 4.03. The second-order valence-electron chi connectivity index (χ2n) is 1.89. The average molecular weight is 146 g/mol. The first-order valence-electron chi connectivity index (χ1n) is 2.96. The van der Waals surface area contributed by atoms with Crippen molar-refractivity contribution in [2.75, 3.05) is 6.54 Å². The Kier molecular flexibility index (Phi) is 4.49. The Hall–Kier alpha value is -0.900. The van der Waals surface area contributed by atoms with Crippen molar-refractivity contribution in [2.45, 2.75) is 13.0 Å². The van der Waals surface area contributed by atoms with Crippen molar-refractivity contribution >= 4 is 5.91 Å². The topological polar surface area (TPSA) is 55.1 Å². The van der Waals surface area contributed by atoms with Crippen molar-refractivity contribution in [1.82, 2.24) is 5.32 Å². The Morgan fingerprint density at radius 1 is 1.90 bits per heavy atom. The van der Waals surface area contributed by atoms with Crippen LogP contribution >= 0.6 is 0 Å². The minimum absolute atomic E-state index is 0.320. The van der Waals surface area contributed by atoms with Crippen molar-refractivity contribution in [3.05, 3.63) is 12.4 Å². The van der Waals surface area contributed by atoms with Crippen molar-refractivity contribution in [3.8, 4) is 0 Å². The van der Waals surface area contributed by atoms with Crippen LogP contribution in [0.2, 0.25) is 0 Å². The van der Waals surface area contributed by atoms with Crippen LogP contribution in [0.3, 0.4) is 0 Å². The predicted molar refractivity (Wildman–Crippen MR) is 36.9 cm³/mol. The van der Waals surface area contributed by atoms with Gasteiger partial charge in [-0.25, -0.2) is 4.39 Å². The van der Waals surface area contributed by atoms with Crippen LogP contribution in [-0.4, -0.2) is 18.5 Å². The van der Waals surface area contributed by atoms with Gasteiger partial charge in [0.25, 0.3) is 0 Å². The lowest BCUT2D eigenvalue weighted by molar-refractivity contribution is -0.119. The van der Waals surface area contributed by atoms with Crippen LogP contribution in [0, 0.1) is 0 Å². The number of nitrogens with one attached hydrogen (secondary N) is 1.